The summed E-state index contributed by atoms with van der Waals surface area (Å²) in [5.74, 6) is -1.10. The molecule has 0 aliphatic carbocycles. The third-order valence-electron chi connectivity index (χ3n) is 2.50. The Kier molecular flexibility index (Phi) is 4.66. The first kappa shape index (κ1) is 15.2. The van der Waals surface area contributed by atoms with E-state index in [1.807, 2.05) is 0 Å². The van der Waals surface area contributed by atoms with E-state index in [1.54, 1.807) is 13.0 Å². The summed E-state index contributed by atoms with van der Waals surface area (Å²) in [4.78, 5) is 22.8. The first-order valence-corrected chi connectivity index (χ1v) is 7.30. The molecule has 7 heteroatoms. The molecule has 1 rings (SSSR count). The summed E-state index contributed by atoms with van der Waals surface area (Å²) < 4.78 is 27.2. The lowest BCUT2D eigenvalue weighted by Crippen LogP contribution is -2.30. The second-order valence-corrected chi connectivity index (χ2v) is 6.02. The SMILES string of the molecule is COC(=O)CNC(=O)c1cc(S(C)(=O)=O)ccc1C. The highest BCUT2D eigenvalue weighted by atomic mass is 32.2. The van der Waals surface area contributed by atoms with Crippen LogP contribution in [0.25, 0.3) is 0 Å². The van der Waals surface area contributed by atoms with Crippen LogP contribution in [0.3, 0.4) is 0 Å². The van der Waals surface area contributed by atoms with Gasteiger partial charge in [-0.3, -0.25) is 9.59 Å². The molecule has 1 N–H and O–H groups in total. The first-order chi connectivity index (χ1) is 8.75. The van der Waals surface area contributed by atoms with Gasteiger partial charge in [0.25, 0.3) is 5.91 Å². The monoisotopic (exact) mass is 285 g/mol. The van der Waals surface area contributed by atoms with Crippen LogP contribution >= 0.6 is 0 Å². The van der Waals surface area contributed by atoms with Crippen molar-refractivity contribution in [3.05, 3.63) is 29.3 Å². The average Bonchev–Trinajstić information content (AvgIpc) is 2.34. The highest BCUT2D eigenvalue weighted by Gasteiger charge is 2.15. The number of methoxy groups -OCH3 is 1. The maximum absolute atomic E-state index is 11.9. The van der Waals surface area contributed by atoms with Crippen molar-refractivity contribution in [1.29, 1.82) is 0 Å². The minimum atomic E-state index is -3.38. The van der Waals surface area contributed by atoms with Crippen LogP contribution in [-0.2, 0) is 19.4 Å². The summed E-state index contributed by atoms with van der Waals surface area (Å²) in [5, 5.41) is 2.36. The molecule has 0 radical (unpaired) electrons. The Hall–Kier alpha value is -1.89. The van der Waals surface area contributed by atoms with Crippen LogP contribution in [0.2, 0.25) is 0 Å². The van der Waals surface area contributed by atoms with E-state index in [0.29, 0.717) is 5.56 Å². The lowest BCUT2D eigenvalue weighted by Gasteiger charge is -2.08. The predicted molar refractivity (Wildman–Crippen MR) is 68.6 cm³/mol. The molecule has 0 bridgehead atoms. The number of hydrogen-bond donors (Lipinski definition) is 1. The quantitative estimate of drug-likeness (QED) is 0.804. The Morgan fingerprint density at radius 2 is 1.95 bits per heavy atom. The minimum Gasteiger partial charge on any atom is -0.468 e. The molecule has 1 aromatic carbocycles. The molecule has 1 amide bonds. The number of aryl methyl sites for hydroxylation is 1. The summed E-state index contributed by atoms with van der Waals surface area (Å²) in [6, 6.07) is 4.27. The molecule has 19 heavy (non-hydrogen) atoms. The van der Waals surface area contributed by atoms with Crippen molar-refractivity contribution in [2.45, 2.75) is 11.8 Å². The van der Waals surface area contributed by atoms with Gasteiger partial charge in [-0.05, 0) is 24.6 Å². The van der Waals surface area contributed by atoms with E-state index in [2.05, 4.69) is 10.1 Å². The number of carbonyl (C=O) groups is 2. The number of sulfone groups is 1. The summed E-state index contributed by atoms with van der Waals surface area (Å²) >= 11 is 0. The zero-order valence-electron chi connectivity index (χ0n) is 10.9. The fourth-order valence-corrected chi connectivity index (χ4v) is 2.04. The van der Waals surface area contributed by atoms with Gasteiger partial charge >= 0.3 is 5.97 Å². The van der Waals surface area contributed by atoms with Crippen LogP contribution in [0.15, 0.2) is 23.1 Å². The van der Waals surface area contributed by atoms with Gasteiger partial charge in [0.15, 0.2) is 9.84 Å². The zero-order chi connectivity index (χ0) is 14.6. The van der Waals surface area contributed by atoms with Crippen LogP contribution in [0, 0.1) is 6.92 Å². The van der Waals surface area contributed by atoms with Crippen molar-refractivity contribution in [2.24, 2.45) is 0 Å². The molecule has 0 aliphatic heterocycles. The zero-order valence-corrected chi connectivity index (χ0v) is 11.7. The Balaban J connectivity index is 3.00. The molecule has 0 atom stereocenters. The summed E-state index contributed by atoms with van der Waals surface area (Å²) in [7, 11) is -2.17. The van der Waals surface area contributed by atoms with Crippen molar-refractivity contribution in [3.8, 4) is 0 Å². The van der Waals surface area contributed by atoms with Crippen LogP contribution in [0.1, 0.15) is 15.9 Å². The maximum Gasteiger partial charge on any atom is 0.325 e. The van der Waals surface area contributed by atoms with Gasteiger partial charge < -0.3 is 10.1 Å². The molecule has 0 unspecified atom stereocenters. The standard InChI is InChI=1S/C12H15NO5S/c1-8-4-5-9(19(3,16)17)6-10(8)12(15)13-7-11(14)18-2/h4-6H,7H2,1-3H3,(H,13,15). The Morgan fingerprint density at radius 3 is 2.47 bits per heavy atom. The molecule has 1 aromatic rings. The van der Waals surface area contributed by atoms with Gasteiger partial charge in [-0.2, -0.15) is 0 Å². The maximum atomic E-state index is 11.9. The van der Waals surface area contributed by atoms with Gasteiger partial charge in [0.05, 0.1) is 12.0 Å². The van der Waals surface area contributed by atoms with Crippen molar-refractivity contribution in [3.63, 3.8) is 0 Å². The van der Waals surface area contributed by atoms with E-state index < -0.39 is 21.7 Å². The molecule has 0 aliphatic rings. The van der Waals surface area contributed by atoms with Gasteiger partial charge in [-0.25, -0.2) is 8.42 Å². The minimum absolute atomic E-state index is 0.0568. The number of rotatable bonds is 4. The van der Waals surface area contributed by atoms with Crippen LogP contribution in [0.5, 0.6) is 0 Å². The van der Waals surface area contributed by atoms with Gasteiger partial charge in [0.2, 0.25) is 0 Å². The van der Waals surface area contributed by atoms with Crippen LogP contribution in [-0.4, -0.2) is 40.2 Å². The lowest BCUT2D eigenvalue weighted by molar-refractivity contribution is -0.139. The van der Waals surface area contributed by atoms with Gasteiger partial charge in [-0.1, -0.05) is 6.07 Å². The lowest BCUT2D eigenvalue weighted by atomic mass is 10.1. The molecular weight excluding hydrogens is 270 g/mol. The summed E-state index contributed by atoms with van der Waals surface area (Å²) in [6.07, 6.45) is 1.06. The van der Waals surface area contributed by atoms with E-state index in [0.717, 1.165) is 6.26 Å². The number of nitrogens with one attached hydrogen (secondary N) is 1. The van der Waals surface area contributed by atoms with E-state index in [-0.39, 0.29) is 17.0 Å². The highest BCUT2D eigenvalue weighted by molar-refractivity contribution is 7.90. The summed E-state index contributed by atoms with van der Waals surface area (Å²) in [5.41, 5.74) is 0.835. The fourth-order valence-electron chi connectivity index (χ4n) is 1.40. The van der Waals surface area contributed by atoms with E-state index in [9.17, 15) is 18.0 Å². The molecule has 104 valence electrons. The number of benzene rings is 1. The Labute approximate surface area is 111 Å². The largest absolute Gasteiger partial charge is 0.468 e. The molecule has 0 spiro atoms. The van der Waals surface area contributed by atoms with Crippen molar-refractivity contribution < 1.29 is 22.7 Å². The molecular formula is C12H15NO5S. The van der Waals surface area contributed by atoms with Gasteiger partial charge in [0, 0.05) is 11.8 Å². The van der Waals surface area contributed by atoms with Crippen molar-refractivity contribution >= 4 is 21.7 Å². The van der Waals surface area contributed by atoms with Crippen LogP contribution in [0.4, 0.5) is 0 Å². The van der Waals surface area contributed by atoms with E-state index in [1.165, 1.54) is 19.2 Å². The average molecular weight is 285 g/mol. The molecule has 0 heterocycles. The highest BCUT2D eigenvalue weighted by Crippen LogP contribution is 2.15. The number of carbonyl (C=O) groups excluding carboxylic acids is 2. The first-order valence-electron chi connectivity index (χ1n) is 5.41. The molecule has 0 saturated heterocycles. The number of esters is 1. The Morgan fingerprint density at radius 1 is 1.32 bits per heavy atom. The van der Waals surface area contributed by atoms with Gasteiger partial charge in [0.1, 0.15) is 6.54 Å². The molecule has 6 nitrogen and oxygen atoms in total. The topological polar surface area (TPSA) is 89.5 Å². The van der Waals surface area contributed by atoms with Crippen molar-refractivity contribution in [2.75, 3.05) is 19.9 Å². The second kappa shape index (κ2) is 5.83. The third kappa shape index (κ3) is 4.06. The van der Waals surface area contributed by atoms with Gasteiger partial charge in [-0.15, -0.1) is 0 Å². The molecule has 0 aromatic heterocycles. The van der Waals surface area contributed by atoms with E-state index >= 15 is 0 Å². The fraction of sp³-hybridized carbons (Fsp3) is 0.333. The molecule has 0 fully saturated rings. The summed E-state index contributed by atoms with van der Waals surface area (Å²) in [6.45, 7) is 1.41. The second-order valence-electron chi connectivity index (χ2n) is 4.01. The Bertz CT molecular complexity index is 607. The van der Waals surface area contributed by atoms with Crippen LogP contribution < -0.4 is 5.32 Å². The molecule has 0 saturated carbocycles. The normalized spacial score (nSPS) is 10.9. The number of amides is 1. The predicted octanol–water partition coefficient (Wildman–Crippen LogP) is 0.301. The third-order valence-corrected chi connectivity index (χ3v) is 3.61. The smallest absolute Gasteiger partial charge is 0.325 e. The number of hydrogen-bond acceptors (Lipinski definition) is 5. The van der Waals surface area contributed by atoms with Crippen molar-refractivity contribution in [1.82, 2.24) is 5.32 Å². The number of ether oxygens (including phenoxy) is 1. The van der Waals surface area contributed by atoms with E-state index in [4.69, 9.17) is 0 Å².